The normalized spacial score (nSPS) is 26.0. The average Bonchev–Trinajstić information content (AvgIpc) is 3.28. The summed E-state index contributed by atoms with van der Waals surface area (Å²) in [4.78, 5) is 7.42. The van der Waals surface area contributed by atoms with Crippen LogP contribution < -0.4 is 5.32 Å². The molecule has 5 heteroatoms. The maximum absolute atomic E-state index is 5.86. The average molecular weight is 345 g/mol. The van der Waals surface area contributed by atoms with E-state index in [0.717, 1.165) is 50.8 Å². The van der Waals surface area contributed by atoms with Gasteiger partial charge in [-0.15, -0.1) is 0 Å². The highest BCUT2D eigenvalue weighted by atomic mass is 16.5. The molecule has 138 valence electrons. The van der Waals surface area contributed by atoms with Crippen LogP contribution in [-0.4, -0.2) is 49.7 Å². The molecule has 0 aromatic carbocycles. The zero-order valence-corrected chi connectivity index (χ0v) is 15.2. The van der Waals surface area contributed by atoms with Gasteiger partial charge < -0.3 is 19.4 Å². The summed E-state index contributed by atoms with van der Waals surface area (Å²) >= 11 is 0. The molecule has 1 aromatic rings. The number of hydrogen-bond donors (Lipinski definition) is 1. The summed E-state index contributed by atoms with van der Waals surface area (Å²) in [6, 6.07) is 3.99. The fourth-order valence-electron chi connectivity index (χ4n) is 4.36. The molecule has 1 spiro atoms. The van der Waals surface area contributed by atoms with Gasteiger partial charge in [-0.25, -0.2) is 0 Å². The van der Waals surface area contributed by atoms with E-state index < -0.39 is 0 Å². The van der Waals surface area contributed by atoms with Gasteiger partial charge in [0.05, 0.1) is 18.9 Å². The summed E-state index contributed by atoms with van der Waals surface area (Å²) in [6.07, 6.45) is 12.1. The van der Waals surface area contributed by atoms with Crippen LogP contribution in [0.2, 0.25) is 0 Å². The van der Waals surface area contributed by atoms with Gasteiger partial charge >= 0.3 is 0 Å². The van der Waals surface area contributed by atoms with Gasteiger partial charge in [0, 0.05) is 32.7 Å². The third kappa shape index (κ3) is 4.20. The van der Waals surface area contributed by atoms with Crippen LogP contribution in [0.3, 0.4) is 0 Å². The van der Waals surface area contributed by atoms with Crippen molar-refractivity contribution in [2.45, 2.75) is 57.5 Å². The highest BCUT2D eigenvalue weighted by Crippen LogP contribution is 2.47. The van der Waals surface area contributed by atoms with Crippen molar-refractivity contribution in [3.05, 3.63) is 24.2 Å². The van der Waals surface area contributed by atoms with Crippen LogP contribution in [0.5, 0.6) is 0 Å². The second kappa shape index (κ2) is 7.81. The molecular formula is C20H31N3O2. The van der Waals surface area contributed by atoms with Crippen molar-refractivity contribution in [1.29, 1.82) is 0 Å². The Hall–Kier alpha value is -1.49. The fourth-order valence-corrected chi connectivity index (χ4v) is 4.36. The van der Waals surface area contributed by atoms with E-state index in [2.05, 4.69) is 10.2 Å². The number of guanidine groups is 1. The van der Waals surface area contributed by atoms with E-state index in [9.17, 15) is 0 Å². The predicted octanol–water partition coefficient (Wildman–Crippen LogP) is 3.21. The van der Waals surface area contributed by atoms with E-state index >= 15 is 0 Å². The molecule has 5 nitrogen and oxygen atoms in total. The standard InChI is InChI=1S/C20H31N3O2/c1-2-13-25-18(5-1)15-22-19(21-11-7-17-6-3-14-24-17)23-12-10-20(16-23)8-4-9-20/h3,6,14,18H,1-2,4-5,7-13,15-16H2,(H,21,22). The van der Waals surface area contributed by atoms with Crippen LogP contribution in [0, 0.1) is 5.41 Å². The fraction of sp³-hybridized carbons (Fsp3) is 0.750. The van der Waals surface area contributed by atoms with Crippen LogP contribution in [0.15, 0.2) is 27.8 Å². The van der Waals surface area contributed by atoms with Crippen molar-refractivity contribution < 1.29 is 9.15 Å². The van der Waals surface area contributed by atoms with E-state index in [1.807, 2.05) is 12.1 Å². The van der Waals surface area contributed by atoms with Gasteiger partial charge in [0.25, 0.3) is 0 Å². The SMILES string of the molecule is c1coc(CCNC(=NCC2CCCCO2)N2CCC3(CCC3)C2)c1. The quantitative estimate of drug-likeness (QED) is 0.658. The van der Waals surface area contributed by atoms with Gasteiger partial charge in [-0.3, -0.25) is 4.99 Å². The van der Waals surface area contributed by atoms with Crippen LogP contribution in [0.4, 0.5) is 0 Å². The lowest BCUT2D eigenvalue weighted by molar-refractivity contribution is 0.0223. The maximum atomic E-state index is 5.86. The van der Waals surface area contributed by atoms with Crippen LogP contribution in [0.1, 0.15) is 50.7 Å². The number of ether oxygens (including phenoxy) is 1. The van der Waals surface area contributed by atoms with Crippen LogP contribution in [0.25, 0.3) is 0 Å². The molecule has 1 aromatic heterocycles. The van der Waals surface area contributed by atoms with Crippen molar-refractivity contribution in [1.82, 2.24) is 10.2 Å². The Morgan fingerprint density at radius 2 is 2.24 bits per heavy atom. The third-order valence-electron chi connectivity index (χ3n) is 6.11. The topological polar surface area (TPSA) is 50.0 Å². The van der Waals surface area contributed by atoms with Gasteiger partial charge in [0.2, 0.25) is 0 Å². The lowest BCUT2D eigenvalue weighted by Gasteiger charge is -2.38. The molecule has 0 bridgehead atoms. The Kier molecular flexibility index (Phi) is 5.30. The Bertz CT molecular complexity index is 560. The lowest BCUT2D eigenvalue weighted by Crippen LogP contribution is -2.43. The Labute approximate surface area is 150 Å². The van der Waals surface area contributed by atoms with Gasteiger partial charge in [-0.2, -0.15) is 0 Å². The first kappa shape index (κ1) is 17.0. The molecule has 0 amide bonds. The van der Waals surface area contributed by atoms with E-state index in [0.29, 0.717) is 11.5 Å². The summed E-state index contributed by atoms with van der Waals surface area (Å²) in [6.45, 7) is 4.85. The number of hydrogen-bond acceptors (Lipinski definition) is 3. The number of nitrogens with one attached hydrogen (secondary N) is 1. The molecule has 1 aliphatic carbocycles. The largest absolute Gasteiger partial charge is 0.469 e. The second-order valence-corrected chi connectivity index (χ2v) is 7.93. The molecule has 25 heavy (non-hydrogen) atoms. The van der Waals surface area contributed by atoms with Gasteiger partial charge in [-0.05, 0) is 56.1 Å². The highest BCUT2D eigenvalue weighted by Gasteiger charge is 2.43. The van der Waals surface area contributed by atoms with Crippen LogP contribution >= 0.6 is 0 Å². The van der Waals surface area contributed by atoms with Crippen molar-refractivity contribution in [2.24, 2.45) is 10.4 Å². The molecule has 2 aliphatic heterocycles. The van der Waals surface area contributed by atoms with Crippen molar-refractivity contribution in [3.63, 3.8) is 0 Å². The number of likely N-dealkylation sites (tertiary alicyclic amines) is 1. The Balaban J connectivity index is 1.35. The number of furan rings is 1. The molecule has 3 fully saturated rings. The molecule has 1 atom stereocenters. The first-order chi connectivity index (χ1) is 12.3. The molecule has 3 aliphatic rings. The predicted molar refractivity (Wildman–Crippen MR) is 98.8 cm³/mol. The summed E-state index contributed by atoms with van der Waals surface area (Å²) in [5.74, 6) is 2.10. The minimum absolute atomic E-state index is 0.302. The highest BCUT2D eigenvalue weighted by molar-refractivity contribution is 5.80. The Morgan fingerprint density at radius 3 is 2.92 bits per heavy atom. The molecule has 0 radical (unpaired) electrons. The first-order valence-corrected chi connectivity index (χ1v) is 10.0. The van der Waals surface area contributed by atoms with E-state index in [1.165, 1.54) is 45.1 Å². The van der Waals surface area contributed by atoms with Crippen molar-refractivity contribution in [3.8, 4) is 0 Å². The minimum Gasteiger partial charge on any atom is -0.469 e. The molecule has 2 saturated heterocycles. The first-order valence-electron chi connectivity index (χ1n) is 10.0. The minimum atomic E-state index is 0.302. The van der Waals surface area contributed by atoms with Crippen molar-refractivity contribution >= 4 is 5.96 Å². The smallest absolute Gasteiger partial charge is 0.194 e. The van der Waals surface area contributed by atoms with E-state index in [1.54, 1.807) is 6.26 Å². The number of rotatable bonds is 5. The molecule has 4 rings (SSSR count). The van der Waals surface area contributed by atoms with Gasteiger partial charge in [0.1, 0.15) is 5.76 Å². The maximum Gasteiger partial charge on any atom is 0.194 e. The van der Waals surface area contributed by atoms with Gasteiger partial charge in [0.15, 0.2) is 5.96 Å². The summed E-state index contributed by atoms with van der Waals surface area (Å²) in [5, 5.41) is 3.59. The van der Waals surface area contributed by atoms with E-state index in [4.69, 9.17) is 14.1 Å². The summed E-state index contributed by atoms with van der Waals surface area (Å²) < 4.78 is 11.3. The number of nitrogens with zero attached hydrogens (tertiary/aromatic N) is 2. The monoisotopic (exact) mass is 345 g/mol. The summed E-state index contributed by atoms with van der Waals surface area (Å²) in [5.41, 5.74) is 0.588. The molecular weight excluding hydrogens is 314 g/mol. The summed E-state index contributed by atoms with van der Waals surface area (Å²) in [7, 11) is 0. The molecule has 1 unspecified atom stereocenters. The second-order valence-electron chi connectivity index (χ2n) is 7.93. The lowest BCUT2D eigenvalue weighted by atomic mass is 9.68. The van der Waals surface area contributed by atoms with Crippen molar-refractivity contribution in [2.75, 3.05) is 32.8 Å². The Morgan fingerprint density at radius 1 is 1.28 bits per heavy atom. The molecule has 1 N–H and O–H groups in total. The van der Waals surface area contributed by atoms with Crippen LogP contribution in [-0.2, 0) is 11.2 Å². The third-order valence-corrected chi connectivity index (χ3v) is 6.11. The molecule has 1 saturated carbocycles. The molecule has 3 heterocycles. The number of aliphatic imine (C=N–C) groups is 1. The zero-order valence-electron chi connectivity index (χ0n) is 15.2. The van der Waals surface area contributed by atoms with Gasteiger partial charge in [-0.1, -0.05) is 6.42 Å². The van der Waals surface area contributed by atoms with E-state index in [-0.39, 0.29) is 0 Å². The zero-order chi connectivity index (χ0) is 17.0.